The smallest absolute Gasteiger partial charge is 0.130 e. The molecule has 5 heteroatoms. The SMILES string of the molecule is CC1(CSc2ccccc2)OO[C@H]2C[C@@H]1CC[C@]2(C)OO. The van der Waals surface area contributed by atoms with Crippen molar-refractivity contribution in [1.82, 2.24) is 0 Å². The predicted molar refractivity (Wildman–Crippen MR) is 81.0 cm³/mol. The first kappa shape index (κ1) is 15.3. The molecule has 1 aromatic carbocycles. The Bertz CT molecular complexity index is 482. The van der Waals surface area contributed by atoms with E-state index >= 15 is 0 Å². The van der Waals surface area contributed by atoms with Gasteiger partial charge in [0.25, 0.3) is 0 Å². The van der Waals surface area contributed by atoms with E-state index in [1.54, 1.807) is 11.8 Å². The third-order valence-electron chi connectivity index (χ3n) is 4.86. The molecule has 4 nitrogen and oxygen atoms in total. The Hall–Kier alpha value is -0.590. The lowest BCUT2D eigenvalue weighted by Crippen LogP contribution is -2.58. The maximum Gasteiger partial charge on any atom is 0.130 e. The van der Waals surface area contributed by atoms with Crippen molar-refractivity contribution in [2.45, 2.75) is 55.3 Å². The molecule has 1 unspecified atom stereocenters. The molecule has 0 aromatic heterocycles. The van der Waals surface area contributed by atoms with Crippen molar-refractivity contribution < 1.29 is 19.9 Å². The fraction of sp³-hybridized carbons (Fsp3) is 0.625. The first-order chi connectivity index (χ1) is 10.1. The van der Waals surface area contributed by atoms with Gasteiger partial charge in [0.05, 0.1) is 0 Å². The molecule has 1 aliphatic carbocycles. The van der Waals surface area contributed by atoms with Crippen molar-refractivity contribution in [3.63, 3.8) is 0 Å². The average Bonchev–Trinajstić information content (AvgIpc) is 2.53. The van der Waals surface area contributed by atoms with E-state index in [2.05, 4.69) is 23.9 Å². The summed E-state index contributed by atoms with van der Waals surface area (Å²) in [5.74, 6) is 1.28. The van der Waals surface area contributed by atoms with E-state index in [9.17, 15) is 0 Å². The molecule has 2 bridgehead atoms. The molecule has 1 aromatic rings. The molecule has 1 aliphatic heterocycles. The summed E-state index contributed by atoms with van der Waals surface area (Å²) in [5.41, 5.74) is -0.946. The van der Waals surface area contributed by atoms with Gasteiger partial charge in [-0.2, -0.15) is 0 Å². The second kappa shape index (κ2) is 5.89. The number of thioether (sulfide) groups is 1. The van der Waals surface area contributed by atoms with Crippen LogP contribution in [-0.2, 0) is 14.7 Å². The second-order valence-corrected chi connectivity index (χ2v) is 7.51. The highest BCUT2D eigenvalue weighted by Gasteiger charge is 2.53. The number of benzene rings is 1. The zero-order chi connectivity index (χ0) is 14.9. The van der Waals surface area contributed by atoms with Crippen LogP contribution in [0.2, 0.25) is 0 Å². The van der Waals surface area contributed by atoms with E-state index in [1.165, 1.54) is 4.90 Å². The van der Waals surface area contributed by atoms with Crippen molar-refractivity contribution in [2.75, 3.05) is 5.75 Å². The molecule has 2 fully saturated rings. The third-order valence-corrected chi connectivity index (χ3v) is 6.19. The Morgan fingerprint density at radius 1 is 1.33 bits per heavy atom. The minimum Gasteiger partial charge on any atom is -0.251 e. The van der Waals surface area contributed by atoms with Gasteiger partial charge >= 0.3 is 0 Å². The molecule has 116 valence electrons. The molecule has 0 amide bonds. The van der Waals surface area contributed by atoms with Gasteiger partial charge in [-0.1, -0.05) is 18.2 Å². The van der Waals surface area contributed by atoms with E-state index in [0.717, 1.165) is 25.0 Å². The van der Waals surface area contributed by atoms with E-state index in [0.29, 0.717) is 5.92 Å². The second-order valence-electron chi connectivity index (χ2n) is 6.46. The first-order valence-corrected chi connectivity index (χ1v) is 8.39. The monoisotopic (exact) mass is 310 g/mol. The summed E-state index contributed by atoms with van der Waals surface area (Å²) in [7, 11) is 0. The topological polar surface area (TPSA) is 47.9 Å². The normalized spacial score (nSPS) is 39.2. The van der Waals surface area contributed by atoms with Gasteiger partial charge in [0.1, 0.15) is 17.3 Å². The largest absolute Gasteiger partial charge is 0.251 e. The predicted octanol–water partition coefficient (Wildman–Crippen LogP) is 3.92. The van der Waals surface area contributed by atoms with E-state index in [-0.39, 0.29) is 11.7 Å². The average molecular weight is 310 g/mol. The van der Waals surface area contributed by atoms with Crippen LogP contribution in [0.15, 0.2) is 35.2 Å². The van der Waals surface area contributed by atoms with Crippen molar-refractivity contribution in [2.24, 2.45) is 5.92 Å². The van der Waals surface area contributed by atoms with Gasteiger partial charge in [0, 0.05) is 10.6 Å². The van der Waals surface area contributed by atoms with E-state index in [1.807, 2.05) is 25.1 Å². The molecule has 1 saturated heterocycles. The van der Waals surface area contributed by atoms with Gasteiger partial charge in [0.15, 0.2) is 0 Å². The standard InChI is InChI=1S/C16H22O4S/c1-15(19-17)9-8-12-10-14(15)18-20-16(12,2)11-21-13-6-4-3-5-7-13/h3-7,12,14,17H,8-11H2,1-2H3/t12-,14-,15-,16?/m0/s1. The lowest BCUT2D eigenvalue weighted by molar-refractivity contribution is -0.468. The fourth-order valence-corrected chi connectivity index (χ4v) is 4.26. The first-order valence-electron chi connectivity index (χ1n) is 7.41. The Morgan fingerprint density at radius 2 is 2.10 bits per heavy atom. The minimum atomic E-state index is -0.648. The molecular weight excluding hydrogens is 288 g/mol. The molecule has 2 aliphatic rings. The van der Waals surface area contributed by atoms with Crippen LogP contribution >= 0.6 is 11.8 Å². The molecule has 3 rings (SSSR count). The summed E-state index contributed by atoms with van der Waals surface area (Å²) in [5, 5.41) is 9.10. The van der Waals surface area contributed by atoms with Crippen LogP contribution in [0.25, 0.3) is 0 Å². The quantitative estimate of drug-likeness (QED) is 0.519. The summed E-state index contributed by atoms with van der Waals surface area (Å²) in [6, 6.07) is 10.3. The molecule has 4 atom stereocenters. The summed E-state index contributed by atoms with van der Waals surface area (Å²) < 4.78 is 0. The highest BCUT2D eigenvalue weighted by molar-refractivity contribution is 7.99. The Labute approximate surface area is 129 Å². The molecule has 21 heavy (non-hydrogen) atoms. The Morgan fingerprint density at radius 3 is 2.81 bits per heavy atom. The lowest BCUT2D eigenvalue weighted by atomic mass is 9.71. The highest BCUT2D eigenvalue weighted by atomic mass is 32.2. The third kappa shape index (κ3) is 2.98. The van der Waals surface area contributed by atoms with E-state index < -0.39 is 5.60 Å². The fourth-order valence-electron chi connectivity index (χ4n) is 3.17. The van der Waals surface area contributed by atoms with Crippen molar-refractivity contribution in [3.05, 3.63) is 30.3 Å². The summed E-state index contributed by atoms with van der Waals surface area (Å²) >= 11 is 1.79. The van der Waals surface area contributed by atoms with Crippen molar-refractivity contribution in [3.8, 4) is 0 Å². The van der Waals surface area contributed by atoms with E-state index in [4.69, 9.17) is 15.0 Å². The summed E-state index contributed by atoms with van der Waals surface area (Å²) in [6.45, 7) is 3.99. The van der Waals surface area contributed by atoms with Crippen LogP contribution in [-0.4, -0.2) is 28.3 Å². The van der Waals surface area contributed by atoms with Crippen LogP contribution in [0.4, 0.5) is 0 Å². The maximum atomic E-state index is 9.10. The molecular formula is C16H22O4S. The zero-order valence-electron chi connectivity index (χ0n) is 12.5. The number of fused-ring (bicyclic) bond motifs is 2. The molecule has 0 spiro atoms. The number of hydrogen-bond acceptors (Lipinski definition) is 5. The van der Waals surface area contributed by atoms with Gasteiger partial charge in [-0.25, -0.2) is 14.7 Å². The van der Waals surface area contributed by atoms with Gasteiger partial charge < -0.3 is 0 Å². The van der Waals surface area contributed by atoms with Crippen LogP contribution in [0.5, 0.6) is 0 Å². The minimum absolute atomic E-state index is 0.198. The molecule has 1 N–H and O–H groups in total. The van der Waals surface area contributed by atoms with Gasteiger partial charge in [0.2, 0.25) is 0 Å². The molecule has 0 radical (unpaired) electrons. The van der Waals surface area contributed by atoms with Gasteiger partial charge in [-0.05, 0) is 51.2 Å². The van der Waals surface area contributed by atoms with Gasteiger partial charge in [-0.3, -0.25) is 5.26 Å². The maximum absolute atomic E-state index is 9.10. The molecule has 1 heterocycles. The summed E-state index contributed by atoms with van der Waals surface area (Å²) in [6.07, 6.45) is 2.43. The summed E-state index contributed by atoms with van der Waals surface area (Å²) in [4.78, 5) is 17.2. The van der Waals surface area contributed by atoms with Crippen LogP contribution in [0.1, 0.15) is 33.1 Å². The zero-order valence-corrected chi connectivity index (χ0v) is 13.3. The number of rotatable bonds is 4. The van der Waals surface area contributed by atoms with Crippen LogP contribution < -0.4 is 0 Å². The Balaban J connectivity index is 1.65. The van der Waals surface area contributed by atoms with Gasteiger partial charge in [-0.15, -0.1) is 11.8 Å². The molecule has 1 saturated carbocycles. The van der Waals surface area contributed by atoms with Crippen molar-refractivity contribution in [1.29, 1.82) is 0 Å². The van der Waals surface area contributed by atoms with Crippen LogP contribution in [0.3, 0.4) is 0 Å². The number of hydrogen-bond donors (Lipinski definition) is 1. The highest BCUT2D eigenvalue weighted by Crippen LogP contribution is 2.47. The lowest BCUT2D eigenvalue weighted by Gasteiger charge is -2.50. The van der Waals surface area contributed by atoms with Crippen LogP contribution in [0, 0.1) is 5.92 Å². The Kier molecular flexibility index (Phi) is 4.30. The van der Waals surface area contributed by atoms with Crippen molar-refractivity contribution >= 4 is 11.8 Å².